The molecule has 4 aromatic rings. The van der Waals surface area contributed by atoms with Crippen molar-refractivity contribution >= 4 is 27.9 Å². The predicted octanol–water partition coefficient (Wildman–Crippen LogP) is 3.63. The lowest BCUT2D eigenvalue weighted by molar-refractivity contribution is 0.628. The van der Waals surface area contributed by atoms with E-state index in [9.17, 15) is 4.39 Å². The smallest absolute Gasteiger partial charge is 0.234 e. The highest BCUT2D eigenvalue weighted by molar-refractivity contribution is 7.19. The summed E-state index contributed by atoms with van der Waals surface area (Å²) in [5.41, 5.74) is 1.82. The Hall–Kier alpha value is -2.38. The lowest BCUT2D eigenvalue weighted by atomic mass is 10.2. The standard InChI is InChI=1S/C15H9ClFN5S/c16-12-6-1-9(8-18-12)7-13-19-20-15-22(13)21-14(23-15)10-2-4-11(17)5-3-10/h1-6,8H,7H2. The average molecular weight is 346 g/mol. The largest absolute Gasteiger partial charge is 0.244 e. The van der Waals surface area contributed by atoms with Gasteiger partial charge in [-0.25, -0.2) is 9.37 Å². The Bertz CT molecular complexity index is 962. The number of rotatable bonds is 3. The molecule has 1 aromatic carbocycles. The molecule has 0 radical (unpaired) electrons. The molecule has 0 bridgehead atoms. The lowest BCUT2D eigenvalue weighted by Crippen LogP contribution is -1.98. The molecule has 0 saturated carbocycles. The Balaban J connectivity index is 1.69. The van der Waals surface area contributed by atoms with Gasteiger partial charge in [0.05, 0.1) is 0 Å². The molecule has 0 unspecified atom stereocenters. The molecule has 5 nitrogen and oxygen atoms in total. The van der Waals surface area contributed by atoms with Crippen LogP contribution >= 0.6 is 22.9 Å². The van der Waals surface area contributed by atoms with Crippen LogP contribution in [0.2, 0.25) is 5.15 Å². The molecular weight excluding hydrogens is 337 g/mol. The van der Waals surface area contributed by atoms with Gasteiger partial charge >= 0.3 is 0 Å². The van der Waals surface area contributed by atoms with Gasteiger partial charge in [-0.05, 0) is 35.9 Å². The van der Waals surface area contributed by atoms with Gasteiger partial charge in [0.25, 0.3) is 0 Å². The number of fused-ring (bicyclic) bond motifs is 1. The Kier molecular flexibility index (Phi) is 3.51. The first-order valence-electron chi connectivity index (χ1n) is 6.76. The minimum absolute atomic E-state index is 0.271. The molecule has 4 rings (SSSR count). The predicted molar refractivity (Wildman–Crippen MR) is 86.1 cm³/mol. The van der Waals surface area contributed by atoms with Crippen molar-refractivity contribution in [1.82, 2.24) is 24.8 Å². The maximum atomic E-state index is 13.0. The van der Waals surface area contributed by atoms with Gasteiger partial charge in [-0.15, -0.1) is 10.2 Å². The van der Waals surface area contributed by atoms with Gasteiger partial charge in [0.15, 0.2) is 5.82 Å². The van der Waals surface area contributed by atoms with Crippen molar-refractivity contribution in [3.05, 3.63) is 65.0 Å². The van der Waals surface area contributed by atoms with Crippen molar-refractivity contribution in [2.45, 2.75) is 6.42 Å². The van der Waals surface area contributed by atoms with E-state index in [1.807, 2.05) is 6.07 Å². The van der Waals surface area contributed by atoms with Crippen LogP contribution in [-0.2, 0) is 6.42 Å². The van der Waals surface area contributed by atoms with Gasteiger partial charge in [-0.3, -0.25) is 0 Å². The number of hydrogen-bond acceptors (Lipinski definition) is 5. The maximum absolute atomic E-state index is 13.0. The summed E-state index contributed by atoms with van der Waals surface area (Å²) in [6.45, 7) is 0. The maximum Gasteiger partial charge on any atom is 0.234 e. The van der Waals surface area contributed by atoms with Gasteiger partial charge in [-0.1, -0.05) is 29.0 Å². The minimum atomic E-state index is -0.271. The molecule has 0 aliphatic carbocycles. The van der Waals surface area contributed by atoms with Crippen LogP contribution in [0.25, 0.3) is 15.5 Å². The van der Waals surface area contributed by atoms with Crippen molar-refractivity contribution in [1.29, 1.82) is 0 Å². The third kappa shape index (κ3) is 2.80. The van der Waals surface area contributed by atoms with Gasteiger partial charge in [0.1, 0.15) is 16.0 Å². The van der Waals surface area contributed by atoms with Crippen LogP contribution in [0.1, 0.15) is 11.4 Å². The molecule has 0 fully saturated rings. The molecule has 0 saturated heterocycles. The number of benzene rings is 1. The number of nitrogens with zero attached hydrogens (tertiary/aromatic N) is 5. The Morgan fingerprint density at radius 2 is 1.91 bits per heavy atom. The molecule has 0 atom stereocenters. The van der Waals surface area contributed by atoms with E-state index in [-0.39, 0.29) is 5.82 Å². The minimum Gasteiger partial charge on any atom is -0.244 e. The zero-order valence-corrected chi connectivity index (χ0v) is 13.2. The van der Waals surface area contributed by atoms with Gasteiger partial charge in [0.2, 0.25) is 4.96 Å². The Labute approximate surface area is 139 Å². The molecule has 3 heterocycles. The number of halogens is 2. The highest BCUT2D eigenvalue weighted by Gasteiger charge is 2.13. The quantitative estimate of drug-likeness (QED) is 0.532. The van der Waals surface area contributed by atoms with Crippen LogP contribution < -0.4 is 0 Å². The summed E-state index contributed by atoms with van der Waals surface area (Å²) in [7, 11) is 0. The third-order valence-corrected chi connectivity index (χ3v) is 4.47. The highest BCUT2D eigenvalue weighted by atomic mass is 35.5. The summed E-state index contributed by atoms with van der Waals surface area (Å²) in [5.74, 6) is 0.446. The molecule has 0 aliphatic heterocycles. The second kappa shape index (κ2) is 5.68. The molecule has 0 amide bonds. The van der Waals surface area contributed by atoms with Crippen molar-refractivity contribution < 1.29 is 4.39 Å². The van der Waals surface area contributed by atoms with Gasteiger partial charge < -0.3 is 0 Å². The van der Waals surface area contributed by atoms with Crippen molar-refractivity contribution in [3.8, 4) is 10.6 Å². The van der Waals surface area contributed by atoms with E-state index in [0.717, 1.165) is 16.1 Å². The first-order valence-corrected chi connectivity index (χ1v) is 7.96. The van der Waals surface area contributed by atoms with Crippen molar-refractivity contribution in [2.24, 2.45) is 0 Å². The Morgan fingerprint density at radius 1 is 1.09 bits per heavy atom. The summed E-state index contributed by atoms with van der Waals surface area (Å²) in [6.07, 6.45) is 2.26. The lowest BCUT2D eigenvalue weighted by Gasteiger charge is -1.98. The van der Waals surface area contributed by atoms with Crippen molar-refractivity contribution in [3.63, 3.8) is 0 Å². The summed E-state index contributed by atoms with van der Waals surface area (Å²) < 4.78 is 14.7. The first-order chi connectivity index (χ1) is 11.2. The van der Waals surface area contributed by atoms with E-state index in [1.165, 1.54) is 23.5 Å². The van der Waals surface area contributed by atoms with Crippen LogP contribution in [0.4, 0.5) is 4.39 Å². The zero-order valence-electron chi connectivity index (χ0n) is 11.6. The Morgan fingerprint density at radius 3 is 2.65 bits per heavy atom. The summed E-state index contributed by atoms with van der Waals surface area (Å²) in [4.78, 5) is 4.75. The van der Waals surface area contributed by atoms with Crippen LogP contribution in [0, 0.1) is 5.82 Å². The fourth-order valence-corrected chi connectivity index (χ4v) is 3.15. The summed E-state index contributed by atoms with van der Waals surface area (Å²) in [6, 6.07) is 9.85. The second-order valence-electron chi connectivity index (χ2n) is 4.89. The molecule has 23 heavy (non-hydrogen) atoms. The van der Waals surface area contributed by atoms with E-state index < -0.39 is 0 Å². The van der Waals surface area contributed by atoms with Crippen LogP contribution in [0.5, 0.6) is 0 Å². The van der Waals surface area contributed by atoms with E-state index in [1.54, 1.807) is 28.9 Å². The zero-order chi connectivity index (χ0) is 15.8. The molecule has 114 valence electrons. The number of hydrogen-bond donors (Lipinski definition) is 0. The fourth-order valence-electron chi connectivity index (χ4n) is 2.17. The summed E-state index contributed by atoms with van der Waals surface area (Å²) in [5, 5.41) is 14.1. The van der Waals surface area contributed by atoms with Crippen molar-refractivity contribution in [2.75, 3.05) is 0 Å². The normalized spacial score (nSPS) is 11.2. The van der Waals surface area contributed by atoms with E-state index in [4.69, 9.17) is 11.6 Å². The first kappa shape index (κ1) is 14.2. The molecule has 0 aliphatic rings. The van der Waals surface area contributed by atoms with E-state index in [0.29, 0.717) is 22.4 Å². The molecular formula is C15H9ClFN5S. The van der Waals surface area contributed by atoms with Crippen LogP contribution in [-0.4, -0.2) is 24.8 Å². The highest BCUT2D eigenvalue weighted by Crippen LogP contribution is 2.26. The fraction of sp³-hybridized carbons (Fsp3) is 0.0667. The number of pyridine rings is 1. The number of aromatic nitrogens is 5. The molecule has 0 spiro atoms. The third-order valence-electron chi connectivity index (χ3n) is 3.30. The molecule has 0 N–H and O–H groups in total. The SMILES string of the molecule is Fc1ccc(-c2nn3c(Cc4ccc(Cl)nc4)nnc3s2)cc1. The van der Waals surface area contributed by atoms with E-state index >= 15 is 0 Å². The molecule has 8 heteroatoms. The van der Waals surface area contributed by atoms with Crippen LogP contribution in [0.3, 0.4) is 0 Å². The van der Waals surface area contributed by atoms with Gasteiger partial charge in [-0.2, -0.15) is 9.61 Å². The monoisotopic (exact) mass is 345 g/mol. The van der Waals surface area contributed by atoms with Crippen LogP contribution in [0.15, 0.2) is 42.6 Å². The second-order valence-corrected chi connectivity index (χ2v) is 6.23. The topological polar surface area (TPSA) is 56.0 Å². The average Bonchev–Trinajstić information content (AvgIpc) is 3.12. The van der Waals surface area contributed by atoms with Gasteiger partial charge in [0, 0.05) is 18.2 Å². The molecule has 3 aromatic heterocycles. The summed E-state index contributed by atoms with van der Waals surface area (Å²) >= 11 is 7.20. The van der Waals surface area contributed by atoms with E-state index in [2.05, 4.69) is 20.3 Å².